The number of hydrogen-bond acceptors (Lipinski definition) is 5. The Hall–Kier alpha value is -1.99. The van der Waals surface area contributed by atoms with Crippen LogP contribution in [0.2, 0.25) is 0 Å². The van der Waals surface area contributed by atoms with E-state index in [0.717, 1.165) is 25.7 Å². The molecular weight excluding hydrogens is 382 g/mol. The number of hydrogen-bond donors (Lipinski definition) is 1. The summed E-state index contributed by atoms with van der Waals surface area (Å²) in [6, 6.07) is 5.32. The van der Waals surface area contributed by atoms with E-state index >= 15 is 0 Å². The molecule has 2 aliphatic rings. The summed E-state index contributed by atoms with van der Waals surface area (Å²) in [5, 5.41) is 0. The van der Waals surface area contributed by atoms with Gasteiger partial charge in [-0.3, -0.25) is 9.59 Å². The molecule has 1 aliphatic carbocycles. The summed E-state index contributed by atoms with van der Waals surface area (Å²) in [5.41, 5.74) is 6.53. The topological polar surface area (TPSA) is 85.1 Å². The maximum atomic E-state index is 12.9. The Bertz CT molecular complexity index is 692. The first-order valence-electron chi connectivity index (χ1n) is 9.59. The molecule has 1 saturated carbocycles. The summed E-state index contributed by atoms with van der Waals surface area (Å²) < 4.78 is 10.5. The first-order valence-corrected chi connectivity index (χ1v) is 9.59. The van der Waals surface area contributed by atoms with Crippen LogP contribution in [0.25, 0.3) is 0 Å². The summed E-state index contributed by atoms with van der Waals surface area (Å²) in [7, 11) is 3.11. The van der Waals surface area contributed by atoms with Gasteiger partial charge in [-0.25, -0.2) is 0 Å². The third kappa shape index (κ3) is 4.89. The highest BCUT2D eigenvalue weighted by atomic mass is 35.5. The van der Waals surface area contributed by atoms with Crippen LogP contribution in [-0.2, 0) is 4.79 Å². The van der Waals surface area contributed by atoms with Crippen LogP contribution in [0.3, 0.4) is 0 Å². The van der Waals surface area contributed by atoms with Crippen molar-refractivity contribution < 1.29 is 19.1 Å². The number of carbonyl (C=O) groups excluding carboxylic acids is 2. The lowest BCUT2D eigenvalue weighted by molar-refractivity contribution is -0.138. The standard InChI is InChI=1S/C20H29N3O4.ClH/c1-26-16-6-7-17(18(13-16)27-2)20(25)23-10-8-22(9-11-23)19(24)14-4-3-5-15(21)12-14;/h6-7,13-15H,3-5,8-12,21H2,1-2H3;1H. The number of nitrogens with zero attached hydrogens (tertiary/aromatic N) is 2. The minimum atomic E-state index is -0.0821. The van der Waals surface area contributed by atoms with Crippen molar-refractivity contribution in [3.8, 4) is 11.5 Å². The molecule has 1 aromatic rings. The van der Waals surface area contributed by atoms with Crippen molar-refractivity contribution in [2.45, 2.75) is 31.7 Å². The molecule has 1 aromatic carbocycles. The van der Waals surface area contributed by atoms with Crippen molar-refractivity contribution in [3.63, 3.8) is 0 Å². The van der Waals surface area contributed by atoms with E-state index in [1.165, 1.54) is 7.11 Å². The molecule has 2 N–H and O–H groups in total. The van der Waals surface area contributed by atoms with Crippen molar-refractivity contribution in [1.82, 2.24) is 9.80 Å². The molecule has 28 heavy (non-hydrogen) atoms. The number of halogens is 1. The van der Waals surface area contributed by atoms with Gasteiger partial charge in [0.2, 0.25) is 5.91 Å². The zero-order valence-corrected chi connectivity index (χ0v) is 17.4. The second-order valence-electron chi connectivity index (χ2n) is 7.31. The highest BCUT2D eigenvalue weighted by Gasteiger charge is 2.32. The van der Waals surface area contributed by atoms with Gasteiger partial charge < -0.3 is 25.0 Å². The van der Waals surface area contributed by atoms with E-state index in [-0.39, 0.29) is 36.2 Å². The molecule has 2 unspecified atom stereocenters. The second-order valence-corrected chi connectivity index (χ2v) is 7.31. The molecule has 0 radical (unpaired) electrons. The van der Waals surface area contributed by atoms with Gasteiger partial charge in [0.05, 0.1) is 19.8 Å². The molecule has 156 valence electrons. The summed E-state index contributed by atoms with van der Waals surface area (Å²) in [6.07, 6.45) is 3.73. The van der Waals surface area contributed by atoms with E-state index in [9.17, 15) is 9.59 Å². The predicted molar refractivity (Wildman–Crippen MR) is 109 cm³/mol. The lowest BCUT2D eigenvalue weighted by Gasteiger charge is -2.38. The van der Waals surface area contributed by atoms with Crippen molar-refractivity contribution in [2.75, 3.05) is 40.4 Å². The van der Waals surface area contributed by atoms with Crippen LogP contribution >= 0.6 is 12.4 Å². The number of rotatable bonds is 4. The molecule has 0 spiro atoms. The number of carbonyl (C=O) groups is 2. The molecule has 2 fully saturated rings. The van der Waals surface area contributed by atoms with E-state index in [1.807, 2.05) is 4.90 Å². The quantitative estimate of drug-likeness (QED) is 0.818. The molecule has 3 rings (SSSR count). The van der Waals surface area contributed by atoms with Gasteiger partial charge in [-0.05, 0) is 31.4 Å². The van der Waals surface area contributed by atoms with Crippen molar-refractivity contribution in [1.29, 1.82) is 0 Å². The summed E-state index contributed by atoms with van der Waals surface area (Å²) in [6.45, 7) is 2.18. The minimum absolute atomic E-state index is 0. The first kappa shape index (κ1) is 22.3. The number of benzene rings is 1. The average Bonchev–Trinajstić information content (AvgIpc) is 2.72. The number of methoxy groups -OCH3 is 2. The molecule has 2 amide bonds. The highest BCUT2D eigenvalue weighted by molar-refractivity contribution is 5.97. The zero-order chi connectivity index (χ0) is 19.4. The average molecular weight is 412 g/mol. The lowest BCUT2D eigenvalue weighted by Crippen LogP contribution is -2.52. The molecule has 2 atom stereocenters. The number of amides is 2. The van der Waals surface area contributed by atoms with Crippen LogP contribution in [0.4, 0.5) is 0 Å². The number of ether oxygens (including phenoxy) is 2. The molecule has 0 bridgehead atoms. The summed E-state index contributed by atoms with van der Waals surface area (Å²) in [4.78, 5) is 29.3. The van der Waals surface area contributed by atoms with E-state index in [2.05, 4.69) is 0 Å². The van der Waals surface area contributed by atoms with Crippen LogP contribution in [-0.4, -0.2) is 68.1 Å². The minimum Gasteiger partial charge on any atom is -0.497 e. The first-order chi connectivity index (χ1) is 13.0. The fraction of sp³-hybridized carbons (Fsp3) is 0.600. The fourth-order valence-corrected chi connectivity index (χ4v) is 3.99. The van der Waals surface area contributed by atoms with Crippen LogP contribution < -0.4 is 15.2 Å². The fourth-order valence-electron chi connectivity index (χ4n) is 3.99. The molecule has 1 saturated heterocycles. The largest absolute Gasteiger partial charge is 0.497 e. The third-order valence-corrected chi connectivity index (χ3v) is 5.58. The Morgan fingerprint density at radius 3 is 2.32 bits per heavy atom. The normalized spacial score (nSPS) is 22.2. The van der Waals surface area contributed by atoms with Gasteiger partial charge in [0.25, 0.3) is 5.91 Å². The molecule has 0 aromatic heterocycles. The van der Waals surface area contributed by atoms with Crippen LogP contribution in [0.15, 0.2) is 18.2 Å². The number of nitrogens with two attached hydrogens (primary N) is 1. The molecule has 8 heteroatoms. The smallest absolute Gasteiger partial charge is 0.257 e. The van der Waals surface area contributed by atoms with E-state index in [0.29, 0.717) is 43.2 Å². The van der Waals surface area contributed by atoms with E-state index in [1.54, 1.807) is 30.2 Å². The van der Waals surface area contributed by atoms with E-state index in [4.69, 9.17) is 15.2 Å². The van der Waals surface area contributed by atoms with Gasteiger partial charge in [-0.1, -0.05) is 6.42 Å². The Labute approximate surface area is 172 Å². The van der Waals surface area contributed by atoms with Crippen molar-refractivity contribution >= 4 is 24.2 Å². The van der Waals surface area contributed by atoms with Crippen LogP contribution in [0, 0.1) is 5.92 Å². The van der Waals surface area contributed by atoms with Gasteiger partial charge in [0, 0.05) is 44.2 Å². The van der Waals surface area contributed by atoms with Crippen LogP contribution in [0.1, 0.15) is 36.0 Å². The second kappa shape index (κ2) is 9.98. The summed E-state index contributed by atoms with van der Waals surface area (Å²) in [5.74, 6) is 1.29. The van der Waals surface area contributed by atoms with Crippen molar-refractivity contribution in [2.24, 2.45) is 11.7 Å². The van der Waals surface area contributed by atoms with Crippen molar-refractivity contribution in [3.05, 3.63) is 23.8 Å². The maximum Gasteiger partial charge on any atom is 0.257 e. The Kier molecular flexibility index (Phi) is 7.95. The Morgan fingerprint density at radius 2 is 1.71 bits per heavy atom. The SMILES string of the molecule is COc1ccc(C(=O)N2CCN(C(=O)C3CCCC(N)C3)CC2)c(OC)c1.Cl. The Morgan fingerprint density at radius 1 is 1.04 bits per heavy atom. The zero-order valence-electron chi connectivity index (χ0n) is 16.6. The summed E-state index contributed by atoms with van der Waals surface area (Å²) >= 11 is 0. The molecule has 1 heterocycles. The van der Waals surface area contributed by atoms with Gasteiger partial charge in [0.15, 0.2) is 0 Å². The van der Waals surface area contributed by atoms with Gasteiger partial charge in [0.1, 0.15) is 11.5 Å². The molecule has 7 nitrogen and oxygen atoms in total. The Balaban J connectivity index is 0.00000280. The van der Waals surface area contributed by atoms with Gasteiger partial charge in [-0.2, -0.15) is 0 Å². The van der Waals surface area contributed by atoms with Crippen LogP contribution in [0.5, 0.6) is 11.5 Å². The monoisotopic (exact) mass is 411 g/mol. The predicted octanol–water partition coefficient (Wildman–Crippen LogP) is 1.93. The molecule has 1 aliphatic heterocycles. The lowest BCUT2D eigenvalue weighted by atomic mass is 9.85. The third-order valence-electron chi connectivity index (χ3n) is 5.58. The van der Waals surface area contributed by atoms with Gasteiger partial charge in [-0.15, -0.1) is 12.4 Å². The van der Waals surface area contributed by atoms with E-state index < -0.39 is 0 Å². The highest BCUT2D eigenvalue weighted by Crippen LogP contribution is 2.27. The molecular formula is C20H30ClN3O4. The van der Waals surface area contributed by atoms with Gasteiger partial charge >= 0.3 is 0 Å². The number of piperazine rings is 1. The maximum absolute atomic E-state index is 12.9.